The molecular formula is C71H85F3N12O8S. The summed E-state index contributed by atoms with van der Waals surface area (Å²) in [5.74, 6) is -0.809. The summed E-state index contributed by atoms with van der Waals surface area (Å²) in [5, 5.41) is 32.0. The zero-order valence-electron chi connectivity index (χ0n) is 54.5. The van der Waals surface area contributed by atoms with Gasteiger partial charge in [-0.15, -0.1) is 17.8 Å². The summed E-state index contributed by atoms with van der Waals surface area (Å²) in [4.78, 5) is 98.1. The maximum absolute atomic E-state index is 17.1. The fourth-order valence-electron chi connectivity index (χ4n) is 14.3. The van der Waals surface area contributed by atoms with Crippen molar-refractivity contribution >= 4 is 68.4 Å². The molecule has 2 bridgehead atoms. The summed E-state index contributed by atoms with van der Waals surface area (Å²) in [5.41, 5.74) is 1.32. The molecule has 6 fully saturated rings. The predicted molar refractivity (Wildman–Crippen MR) is 356 cm³/mol. The molecular weight excluding hydrogens is 1240 g/mol. The molecule has 6 aliphatic rings. The second kappa shape index (κ2) is 28.4. The second-order valence-corrected chi connectivity index (χ2v) is 28.7. The molecule has 95 heavy (non-hydrogen) atoms. The number of hydrogen-bond donors (Lipinski definition) is 5. The van der Waals surface area contributed by atoms with Gasteiger partial charge in [0.05, 0.1) is 45.6 Å². The number of amides is 5. The van der Waals surface area contributed by atoms with Gasteiger partial charge in [-0.3, -0.25) is 33.9 Å². The maximum atomic E-state index is 17.1. The van der Waals surface area contributed by atoms with Crippen molar-refractivity contribution < 1.29 is 52.1 Å². The lowest BCUT2D eigenvalue weighted by Gasteiger charge is -2.36. The number of halogens is 3. The van der Waals surface area contributed by atoms with Crippen LogP contribution in [0, 0.1) is 36.3 Å². The van der Waals surface area contributed by atoms with Crippen LogP contribution >= 0.6 is 11.3 Å². The number of nitrogens with zero attached hydrogens (tertiary/aromatic N) is 9. The van der Waals surface area contributed by atoms with Crippen LogP contribution in [0.1, 0.15) is 140 Å². The van der Waals surface area contributed by atoms with E-state index in [1.54, 1.807) is 37.4 Å². The van der Waals surface area contributed by atoms with Crippen LogP contribution in [0.5, 0.6) is 11.8 Å². The molecule has 5 aliphatic heterocycles. The molecule has 0 spiro atoms. The van der Waals surface area contributed by atoms with Gasteiger partial charge in [0.15, 0.2) is 11.5 Å². The van der Waals surface area contributed by atoms with E-state index in [4.69, 9.17) is 16.1 Å². The number of carbonyl (C=O) groups excluding carboxylic acids is 5. The van der Waals surface area contributed by atoms with E-state index >= 15 is 8.78 Å². The molecule has 504 valence electrons. The molecule has 6 aromatic rings. The highest BCUT2D eigenvalue weighted by Gasteiger charge is 2.53. The largest absolute Gasteiger partial charge is 0.508 e. The molecule has 24 heteroatoms. The lowest BCUT2D eigenvalue weighted by atomic mass is 9.85. The van der Waals surface area contributed by atoms with Gasteiger partial charge in [0, 0.05) is 101 Å². The van der Waals surface area contributed by atoms with Gasteiger partial charge in [-0.1, -0.05) is 89.1 Å². The molecule has 1 saturated carbocycles. The minimum Gasteiger partial charge on any atom is -0.508 e. The number of piperazine rings is 2. The third-order valence-electron chi connectivity index (χ3n) is 19.8. The van der Waals surface area contributed by atoms with E-state index < -0.39 is 64.7 Å². The number of aliphatic hydroxyl groups excluding tert-OH is 1. The van der Waals surface area contributed by atoms with Crippen molar-refractivity contribution in [3.63, 3.8) is 0 Å². The van der Waals surface area contributed by atoms with Crippen molar-refractivity contribution in [3.8, 4) is 45.8 Å². The number of terminal acetylenes is 1. The number of aryl methyl sites for hydroxylation is 1. The van der Waals surface area contributed by atoms with Crippen molar-refractivity contribution in [2.75, 3.05) is 70.3 Å². The van der Waals surface area contributed by atoms with Crippen molar-refractivity contribution in [2.24, 2.45) is 5.41 Å². The number of β-amino-alcohol motifs (C(OH)–C–C–N with tert-alkyl or cyclic N) is 1. The molecule has 8 heterocycles. The number of pyridine rings is 1. The van der Waals surface area contributed by atoms with E-state index in [0.717, 1.165) is 93.4 Å². The number of rotatable bonds is 23. The summed E-state index contributed by atoms with van der Waals surface area (Å²) in [6, 6.07) is 10.5. The number of anilines is 1. The summed E-state index contributed by atoms with van der Waals surface area (Å²) in [7, 11) is 0. The number of nitrogens with one attached hydrogen (secondary N) is 3. The average molecular weight is 1320 g/mol. The molecule has 1 aliphatic carbocycles. The van der Waals surface area contributed by atoms with E-state index in [1.807, 2.05) is 36.1 Å². The fourth-order valence-corrected chi connectivity index (χ4v) is 15.1. The van der Waals surface area contributed by atoms with Crippen molar-refractivity contribution in [3.05, 3.63) is 88.7 Å². The van der Waals surface area contributed by atoms with Gasteiger partial charge in [-0.2, -0.15) is 9.97 Å². The number of phenols is 1. The van der Waals surface area contributed by atoms with E-state index in [2.05, 4.69) is 46.6 Å². The van der Waals surface area contributed by atoms with Crippen LogP contribution in [-0.4, -0.2) is 187 Å². The van der Waals surface area contributed by atoms with Crippen LogP contribution < -0.4 is 25.6 Å². The normalized spacial score (nSPS) is 21.7. The van der Waals surface area contributed by atoms with Gasteiger partial charge in [-0.05, 0) is 98.5 Å². The Morgan fingerprint density at radius 1 is 0.853 bits per heavy atom. The summed E-state index contributed by atoms with van der Waals surface area (Å²) in [6.07, 6.45) is 16.2. The van der Waals surface area contributed by atoms with Crippen molar-refractivity contribution in [2.45, 2.75) is 172 Å². The van der Waals surface area contributed by atoms with E-state index in [-0.39, 0.29) is 102 Å². The molecule has 20 nitrogen and oxygen atoms in total. The monoisotopic (exact) mass is 1320 g/mol. The zero-order chi connectivity index (χ0) is 66.9. The van der Waals surface area contributed by atoms with Crippen LogP contribution in [0.2, 0.25) is 0 Å². The first-order valence-electron chi connectivity index (χ1n) is 33.6. The number of aliphatic hydroxyl groups is 1. The molecule has 0 radical (unpaired) electrons. The number of thiazole rings is 1. The molecule has 5 saturated heterocycles. The average Bonchev–Trinajstić information content (AvgIpc) is 1.40. The van der Waals surface area contributed by atoms with Crippen LogP contribution in [0.3, 0.4) is 0 Å². The van der Waals surface area contributed by atoms with E-state index in [9.17, 15) is 38.6 Å². The first kappa shape index (κ1) is 67.0. The van der Waals surface area contributed by atoms with Crippen molar-refractivity contribution in [1.82, 2.24) is 55.5 Å². The number of carbonyl (C=O) groups is 5. The molecule has 3 aromatic carbocycles. The van der Waals surface area contributed by atoms with Crippen LogP contribution in [0.15, 0.2) is 60.2 Å². The van der Waals surface area contributed by atoms with E-state index in [1.165, 1.54) is 40.5 Å². The lowest BCUT2D eigenvalue weighted by Crippen LogP contribution is -2.59. The van der Waals surface area contributed by atoms with Crippen molar-refractivity contribution in [1.29, 1.82) is 0 Å². The SMILES string of the molecule is C#Cc1c(F)ccc2cc(O)cc(-c3ncc4c(N5CC6CCC(C5)N6)nc(OC5CCN(CCCCCCCCCC(=O)N6CCN(C(=O)C[C@H](NC(=O)C7C[C@@H](O)CN7C(=O)[C@@H](NC(=O)C7(F)CC7)C(C)(C)C)c7ccc(-c8scnc8C)cc7)CC6)C5)nc4c3F)c12. The third-order valence-corrected chi connectivity index (χ3v) is 20.8. The van der Waals surface area contributed by atoms with Gasteiger partial charge >= 0.3 is 6.01 Å². The van der Waals surface area contributed by atoms with Gasteiger partial charge in [-0.25, -0.2) is 18.2 Å². The quantitative estimate of drug-likeness (QED) is 0.0298. The fraction of sp³-hybridized carbons (Fsp3) is 0.535. The Bertz CT molecular complexity index is 3890. The number of hydrogen-bond acceptors (Lipinski definition) is 16. The van der Waals surface area contributed by atoms with E-state index in [0.29, 0.717) is 74.4 Å². The topological polar surface area (TPSA) is 239 Å². The Hall–Kier alpha value is -7.98. The van der Waals surface area contributed by atoms with Gasteiger partial charge in [0.2, 0.25) is 23.6 Å². The number of ether oxygens (including phenoxy) is 1. The molecule has 7 atom stereocenters. The number of alkyl halides is 1. The van der Waals surface area contributed by atoms with Crippen LogP contribution in [-0.2, 0) is 24.0 Å². The highest BCUT2D eigenvalue weighted by molar-refractivity contribution is 7.13. The minimum absolute atomic E-state index is 0.0113. The van der Waals surface area contributed by atoms with Crippen LogP contribution in [0.4, 0.5) is 19.0 Å². The summed E-state index contributed by atoms with van der Waals surface area (Å²) in [6.45, 7) is 12.2. The maximum Gasteiger partial charge on any atom is 0.319 e. The first-order valence-corrected chi connectivity index (χ1v) is 34.5. The number of unbranched alkanes of at least 4 members (excludes halogenated alkanes) is 6. The molecule has 3 aromatic heterocycles. The summed E-state index contributed by atoms with van der Waals surface area (Å²) >= 11 is 1.51. The molecule has 5 amide bonds. The Morgan fingerprint density at radius 3 is 2.22 bits per heavy atom. The zero-order valence-corrected chi connectivity index (χ0v) is 55.3. The molecule has 5 N–H and O–H groups in total. The van der Waals surface area contributed by atoms with Gasteiger partial charge in [0.25, 0.3) is 5.91 Å². The highest BCUT2D eigenvalue weighted by Crippen LogP contribution is 2.42. The smallest absolute Gasteiger partial charge is 0.319 e. The number of fused-ring (bicyclic) bond motifs is 4. The Morgan fingerprint density at radius 2 is 1.55 bits per heavy atom. The number of phenolic OH excluding ortho intramolecular Hbond substituents is 1. The Labute approximate surface area is 555 Å². The number of benzene rings is 3. The summed E-state index contributed by atoms with van der Waals surface area (Å²) < 4.78 is 53.6. The number of likely N-dealkylation sites (tertiary alicyclic amines) is 2. The highest BCUT2D eigenvalue weighted by atomic mass is 32.1. The Kier molecular flexibility index (Phi) is 20.0. The minimum atomic E-state index is -2.02. The Balaban J connectivity index is 0.590. The van der Waals surface area contributed by atoms with Gasteiger partial charge in [0.1, 0.15) is 46.8 Å². The number of aromatic hydroxyl groups is 1. The number of aromatic nitrogens is 4. The third kappa shape index (κ3) is 15.0. The molecule has 4 unspecified atom stereocenters. The van der Waals surface area contributed by atoms with Crippen LogP contribution in [0.25, 0.3) is 43.4 Å². The lowest BCUT2D eigenvalue weighted by molar-refractivity contribution is -0.145. The standard InChI is InChI=1S/C71H85F3N12O8S/c1-6-51-54(72)22-19-45-32-48(87)33-52(59(45)51)61-60(73)62-53(36-75-61)65(85-37-46-20-21-47(38-85)77-46)81-69(79-62)94-50-23-27-82(40-50)26-13-11-9-7-8-10-12-14-57(89)83-28-30-84(31-29-83)58(90)35-55(43-15-17-44(18-16-43)63-42(2)76-41-95-63)78-66(91)56-34-49(88)39-86(56)67(92)64(70(3,4)5)80-68(93)71(74)24-25-71/h1,15-19,22,32-33,36,41,46-47,49-50,55-56,64,77,87-88H,7-14,20-21,23-31,34-35,37-40H2,2-5H3,(H,78,91)(H,80,93)/t46?,47?,49-,50?,55+,56?,64-/m1/s1. The predicted octanol–water partition coefficient (Wildman–Crippen LogP) is 8.67. The second-order valence-electron chi connectivity index (χ2n) is 27.8. The molecule has 12 rings (SSSR count). The first-order chi connectivity index (χ1) is 45.6. The van der Waals surface area contributed by atoms with Gasteiger partial charge < -0.3 is 50.5 Å².